The van der Waals surface area contributed by atoms with Gasteiger partial charge in [0.1, 0.15) is 5.41 Å². The number of rotatable bonds is 1. The van der Waals surface area contributed by atoms with Crippen LogP contribution in [0.2, 0.25) is 0 Å². The van der Waals surface area contributed by atoms with Crippen molar-refractivity contribution in [2.24, 2.45) is 11.3 Å². The van der Waals surface area contributed by atoms with E-state index in [0.29, 0.717) is 6.54 Å². The van der Waals surface area contributed by atoms with E-state index in [2.05, 4.69) is 5.32 Å². The number of hydrogen-bond acceptors (Lipinski definition) is 3. The van der Waals surface area contributed by atoms with Crippen LogP contribution in [0, 0.1) is 11.3 Å². The largest absolute Gasteiger partial charge is 0.481 e. The molecule has 0 aromatic rings. The number of hydrogen-bond donors (Lipinski definition) is 2. The quantitative estimate of drug-likeness (QED) is 0.631. The first kappa shape index (κ1) is 8.68. The van der Waals surface area contributed by atoms with E-state index in [1.807, 2.05) is 0 Å². The number of carbonyl (C=O) groups is 1. The fourth-order valence-electron chi connectivity index (χ4n) is 3.52. The maximum absolute atomic E-state index is 11.4. The van der Waals surface area contributed by atoms with Crippen LogP contribution in [0.15, 0.2) is 0 Å². The molecule has 3 fully saturated rings. The summed E-state index contributed by atoms with van der Waals surface area (Å²) in [7, 11) is 0. The number of nitrogens with one attached hydrogen (secondary N) is 1. The van der Waals surface area contributed by atoms with E-state index in [9.17, 15) is 9.90 Å². The van der Waals surface area contributed by atoms with Crippen molar-refractivity contribution in [2.75, 3.05) is 13.1 Å². The maximum atomic E-state index is 11.4. The Morgan fingerprint density at radius 2 is 2.29 bits per heavy atom. The van der Waals surface area contributed by atoms with Crippen molar-refractivity contribution in [1.29, 1.82) is 0 Å². The van der Waals surface area contributed by atoms with Gasteiger partial charge >= 0.3 is 5.97 Å². The molecule has 14 heavy (non-hydrogen) atoms. The van der Waals surface area contributed by atoms with Gasteiger partial charge in [-0.2, -0.15) is 0 Å². The van der Waals surface area contributed by atoms with Crippen LogP contribution < -0.4 is 5.32 Å². The number of piperidine rings is 1. The highest BCUT2D eigenvalue weighted by Crippen LogP contribution is 2.54. The second kappa shape index (κ2) is 2.70. The number of ether oxygens (including phenoxy) is 1. The lowest BCUT2D eigenvalue weighted by Crippen LogP contribution is -2.56. The molecule has 0 saturated carbocycles. The van der Waals surface area contributed by atoms with Crippen molar-refractivity contribution in [2.45, 2.75) is 31.5 Å². The van der Waals surface area contributed by atoms with Crippen LogP contribution in [0.4, 0.5) is 0 Å². The molecule has 3 aliphatic rings. The first-order chi connectivity index (χ1) is 6.75. The molecule has 4 nitrogen and oxygen atoms in total. The van der Waals surface area contributed by atoms with Crippen molar-refractivity contribution in [3.63, 3.8) is 0 Å². The minimum absolute atomic E-state index is 0.0391. The molecule has 2 bridgehead atoms. The van der Waals surface area contributed by atoms with E-state index in [4.69, 9.17) is 4.74 Å². The number of fused-ring (bicyclic) bond motifs is 5. The first-order valence-electron chi connectivity index (χ1n) is 5.35. The Hall–Kier alpha value is -0.610. The highest BCUT2D eigenvalue weighted by Gasteiger charge is 2.64. The predicted molar refractivity (Wildman–Crippen MR) is 48.9 cm³/mol. The zero-order valence-electron chi connectivity index (χ0n) is 8.03. The summed E-state index contributed by atoms with van der Waals surface area (Å²) in [5.41, 5.74) is -0.610. The average Bonchev–Trinajstić information content (AvgIpc) is 2.77. The summed E-state index contributed by atoms with van der Waals surface area (Å²) in [6, 6.07) is 0. The fourth-order valence-corrected chi connectivity index (χ4v) is 3.52. The second-order valence-corrected chi connectivity index (χ2v) is 4.66. The van der Waals surface area contributed by atoms with Gasteiger partial charge in [-0.25, -0.2) is 0 Å². The van der Waals surface area contributed by atoms with Gasteiger partial charge in [0.2, 0.25) is 0 Å². The van der Waals surface area contributed by atoms with Gasteiger partial charge in [0, 0.05) is 12.5 Å². The summed E-state index contributed by atoms with van der Waals surface area (Å²) >= 11 is 0. The predicted octanol–water partition coefficient (Wildman–Crippen LogP) is 0.228. The third kappa shape index (κ3) is 0.834. The third-order valence-electron chi connectivity index (χ3n) is 4.19. The van der Waals surface area contributed by atoms with Crippen LogP contribution in [0.25, 0.3) is 0 Å². The van der Waals surface area contributed by atoms with E-state index in [1.165, 1.54) is 0 Å². The molecule has 3 rings (SSSR count). The molecule has 3 aliphatic heterocycles. The highest BCUT2D eigenvalue weighted by molar-refractivity contribution is 5.77. The van der Waals surface area contributed by atoms with Crippen LogP contribution in [-0.2, 0) is 9.53 Å². The number of carboxylic acids is 1. The normalized spacial score (nSPS) is 50.4. The molecule has 4 heteroatoms. The zero-order chi connectivity index (χ0) is 9.76. The van der Waals surface area contributed by atoms with Crippen LogP contribution in [0.5, 0.6) is 0 Å². The molecule has 0 aliphatic carbocycles. The van der Waals surface area contributed by atoms with Crippen LogP contribution in [-0.4, -0.2) is 36.4 Å². The molecule has 4 unspecified atom stereocenters. The molecule has 0 radical (unpaired) electrons. The van der Waals surface area contributed by atoms with Gasteiger partial charge in [0.25, 0.3) is 0 Å². The lowest BCUT2D eigenvalue weighted by atomic mass is 9.63. The van der Waals surface area contributed by atoms with Gasteiger partial charge in [0.15, 0.2) is 0 Å². The Kier molecular flexibility index (Phi) is 1.67. The van der Waals surface area contributed by atoms with E-state index in [-0.39, 0.29) is 18.1 Å². The Balaban J connectivity index is 2.01. The molecule has 0 spiro atoms. The number of carboxylic acid groups (broad SMARTS) is 1. The second-order valence-electron chi connectivity index (χ2n) is 4.66. The van der Waals surface area contributed by atoms with Crippen LogP contribution in [0.1, 0.15) is 19.3 Å². The summed E-state index contributed by atoms with van der Waals surface area (Å²) < 4.78 is 5.76. The lowest BCUT2D eigenvalue weighted by Gasteiger charge is -2.41. The SMILES string of the molecule is O=C(O)C12CNCCC1C1CCC2O1. The van der Waals surface area contributed by atoms with Crippen molar-refractivity contribution in [3.8, 4) is 0 Å². The molecule has 3 heterocycles. The molecule has 0 amide bonds. The van der Waals surface area contributed by atoms with Crippen molar-refractivity contribution >= 4 is 5.97 Å². The lowest BCUT2D eigenvalue weighted by molar-refractivity contribution is -0.156. The summed E-state index contributed by atoms with van der Waals surface area (Å²) in [6.07, 6.45) is 3.12. The summed E-state index contributed by atoms with van der Waals surface area (Å²) in [6.45, 7) is 1.53. The number of aliphatic carboxylic acids is 1. The Bertz CT molecular complexity index is 281. The highest BCUT2D eigenvalue weighted by atomic mass is 16.5. The van der Waals surface area contributed by atoms with Gasteiger partial charge < -0.3 is 15.2 Å². The topological polar surface area (TPSA) is 58.6 Å². The monoisotopic (exact) mass is 197 g/mol. The van der Waals surface area contributed by atoms with Crippen molar-refractivity contribution in [1.82, 2.24) is 5.32 Å². The third-order valence-corrected chi connectivity index (χ3v) is 4.19. The maximum Gasteiger partial charge on any atom is 0.313 e. The van der Waals surface area contributed by atoms with E-state index in [0.717, 1.165) is 25.8 Å². The molecule has 0 aromatic heterocycles. The first-order valence-corrected chi connectivity index (χ1v) is 5.35. The summed E-state index contributed by atoms with van der Waals surface area (Å²) in [5, 5.41) is 12.6. The Labute approximate surface area is 82.6 Å². The van der Waals surface area contributed by atoms with Gasteiger partial charge in [0.05, 0.1) is 12.2 Å². The Morgan fingerprint density at radius 1 is 1.43 bits per heavy atom. The minimum atomic E-state index is -0.665. The molecule has 4 atom stereocenters. The van der Waals surface area contributed by atoms with Gasteiger partial charge in [-0.05, 0) is 25.8 Å². The Morgan fingerprint density at radius 3 is 3.00 bits per heavy atom. The molecular formula is C10H15NO3. The van der Waals surface area contributed by atoms with E-state index in [1.54, 1.807) is 0 Å². The molecule has 0 aromatic carbocycles. The van der Waals surface area contributed by atoms with Gasteiger partial charge in [-0.15, -0.1) is 0 Å². The van der Waals surface area contributed by atoms with Crippen molar-refractivity contribution in [3.05, 3.63) is 0 Å². The fraction of sp³-hybridized carbons (Fsp3) is 0.900. The molecule has 78 valence electrons. The summed E-state index contributed by atoms with van der Waals surface area (Å²) in [5.74, 6) is -0.415. The van der Waals surface area contributed by atoms with E-state index >= 15 is 0 Å². The minimum Gasteiger partial charge on any atom is -0.481 e. The van der Waals surface area contributed by atoms with Gasteiger partial charge in [-0.3, -0.25) is 4.79 Å². The zero-order valence-corrected chi connectivity index (χ0v) is 8.03. The van der Waals surface area contributed by atoms with Crippen LogP contribution in [0.3, 0.4) is 0 Å². The molecule has 2 N–H and O–H groups in total. The van der Waals surface area contributed by atoms with Crippen molar-refractivity contribution < 1.29 is 14.6 Å². The standard InChI is InChI=1S/C10H15NO3/c12-9(13)10-5-11-4-3-6(10)7-1-2-8(10)14-7/h6-8,11H,1-5H2,(H,12,13). The van der Waals surface area contributed by atoms with Gasteiger partial charge in [-0.1, -0.05) is 0 Å². The molecule has 3 saturated heterocycles. The molecular weight excluding hydrogens is 182 g/mol. The smallest absolute Gasteiger partial charge is 0.313 e. The van der Waals surface area contributed by atoms with Crippen LogP contribution >= 0.6 is 0 Å². The van der Waals surface area contributed by atoms with E-state index < -0.39 is 11.4 Å². The summed E-state index contributed by atoms with van der Waals surface area (Å²) in [4.78, 5) is 11.4. The average molecular weight is 197 g/mol.